The van der Waals surface area contributed by atoms with Crippen LogP contribution in [-0.4, -0.2) is 44.3 Å². The Morgan fingerprint density at radius 3 is 2.15 bits per heavy atom. The van der Waals surface area contributed by atoms with Gasteiger partial charge in [0.05, 0.1) is 10.6 Å². The fourth-order valence-electron chi connectivity index (χ4n) is 3.83. The quantitative estimate of drug-likeness (QED) is 0.285. The summed E-state index contributed by atoms with van der Waals surface area (Å²) in [5, 5.41) is 3.73. The van der Waals surface area contributed by atoms with Gasteiger partial charge < -0.3 is 10.2 Å². The van der Waals surface area contributed by atoms with E-state index in [0.717, 1.165) is 9.87 Å². The minimum Gasteiger partial charge on any atom is -0.354 e. The first-order valence-electron chi connectivity index (χ1n) is 12.3. The standard InChI is InChI=1S/C28H30Cl3N3O4S/c1-4-15-32-28(36)20(3)33(17-24-25(30)9-6-10-26(24)31)27(35)18-34(22-8-5-7-21(29)16-22)39(37,38)23-13-11-19(2)12-14-23/h5-14,16,20H,4,15,17-18H2,1-3H3,(H,32,36). The number of nitrogens with zero attached hydrogens (tertiary/aromatic N) is 2. The van der Waals surface area contributed by atoms with Crippen molar-refractivity contribution in [2.45, 2.75) is 44.7 Å². The maximum Gasteiger partial charge on any atom is 0.264 e. The van der Waals surface area contributed by atoms with Gasteiger partial charge in [0.1, 0.15) is 12.6 Å². The highest BCUT2D eigenvalue weighted by atomic mass is 35.5. The lowest BCUT2D eigenvalue weighted by Crippen LogP contribution is -2.51. The molecular weight excluding hydrogens is 581 g/mol. The SMILES string of the molecule is CCCNC(=O)C(C)N(Cc1c(Cl)cccc1Cl)C(=O)CN(c1cccc(Cl)c1)S(=O)(=O)c1ccc(C)cc1. The van der Waals surface area contributed by atoms with Crippen molar-refractivity contribution in [2.24, 2.45) is 0 Å². The monoisotopic (exact) mass is 609 g/mol. The lowest BCUT2D eigenvalue weighted by Gasteiger charge is -2.32. The maximum atomic E-state index is 13.9. The van der Waals surface area contributed by atoms with Crippen molar-refractivity contribution >= 4 is 62.3 Å². The van der Waals surface area contributed by atoms with E-state index in [1.165, 1.54) is 23.1 Å². The van der Waals surface area contributed by atoms with Crippen LogP contribution in [0.15, 0.2) is 71.6 Å². The van der Waals surface area contributed by atoms with Crippen LogP contribution in [0, 0.1) is 6.92 Å². The van der Waals surface area contributed by atoms with E-state index in [9.17, 15) is 18.0 Å². The molecule has 0 heterocycles. The summed E-state index contributed by atoms with van der Waals surface area (Å²) in [7, 11) is -4.19. The molecule has 0 spiro atoms. The molecule has 3 aromatic rings. The van der Waals surface area contributed by atoms with Crippen LogP contribution in [0.25, 0.3) is 0 Å². The Balaban J connectivity index is 2.06. The van der Waals surface area contributed by atoms with Crippen molar-refractivity contribution in [3.05, 3.63) is 92.9 Å². The molecule has 0 aliphatic heterocycles. The molecule has 11 heteroatoms. The molecule has 0 radical (unpaired) electrons. The smallest absolute Gasteiger partial charge is 0.264 e. The van der Waals surface area contributed by atoms with Gasteiger partial charge in [0.15, 0.2) is 0 Å². The molecule has 0 aliphatic rings. The molecule has 2 amide bonds. The second-order valence-electron chi connectivity index (χ2n) is 8.99. The van der Waals surface area contributed by atoms with Gasteiger partial charge in [0.25, 0.3) is 10.0 Å². The lowest BCUT2D eigenvalue weighted by molar-refractivity contribution is -0.139. The van der Waals surface area contributed by atoms with Gasteiger partial charge in [-0.3, -0.25) is 13.9 Å². The summed E-state index contributed by atoms with van der Waals surface area (Å²) in [6, 6.07) is 16.5. The van der Waals surface area contributed by atoms with E-state index in [2.05, 4.69) is 5.32 Å². The van der Waals surface area contributed by atoms with Crippen molar-refractivity contribution in [2.75, 3.05) is 17.4 Å². The van der Waals surface area contributed by atoms with Crippen molar-refractivity contribution in [1.29, 1.82) is 0 Å². The minimum atomic E-state index is -4.19. The van der Waals surface area contributed by atoms with Crippen LogP contribution < -0.4 is 9.62 Å². The van der Waals surface area contributed by atoms with Gasteiger partial charge in [-0.25, -0.2) is 8.42 Å². The Labute approximate surface area is 244 Å². The van der Waals surface area contributed by atoms with Gasteiger partial charge in [-0.15, -0.1) is 0 Å². The fourth-order valence-corrected chi connectivity index (χ4v) is 5.94. The van der Waals surface area contributed by atoms with Crippen molar-refractivity contribution < 1.29 is 18.0 Å². The number of amides is 2. The van der Waals surface area contributed by atoms with Gasteiger partial charge >= 0.3 is 0 Å². The number of benzene rings is 3. The number of rotatable bonds is 11. The number of hydrogen-bond acceptors (Lipinski definition) is 4. The summed E-state index contributed by atoms with van der Waals surface area (Å²) in [5.74, 6) is -1.01. The topological polar surface area (TPSA) is 86.8 Å². The zero-order valence-corrected chi connectivity index (χ0v) is 24.9. The van der Waals surface area contributed by atoms with Crippen LogP contribution in [-0.2, 0) is 26.2 Å². The van der Waals surface area contributed by atoms with Gasteiger partial charge in [-0.1, -0.05) is 71.6 Å². The minimum absolute atomic E-state index is 0.00955. The van der Waals surface area contributed by atoms with Crippen LogP contribution in [0.5, 0.6) is 0 Å². The Morgan fingerprint density at radius 2 is 1.56 bits per heavy atom. The first-order valence-corrected chi connectivity index (χ1v) is 14.9. The van der Waals surface area contributed by atoms with E-state index in [-0.39, 0.29) is 23.0 Å². The van der Waals surface area contributed by atoms with Crippen molar-refractivity contribution in [3.63, 3.8) is 0 Å². The molecule has 1 atom stereocenters. The molecule has 0 saturated heterocycles. The van der Waals surface area contributed by atoms with Crippen molar-refractivity contribution in [3.8, 4) is 0 Å². The molecule has 0 bridgehead atoms. The number of anilines is 1. The third-order valence-electron chi connectivity index (χ3n) is 6.09. The molecule has 3 aromatic carbocycles. The van der Waals surface area contributed by atoms with Gasteiger partial charge in [-0.05, 0) is 62.7 Å². The van der Waals surface area contributed by atoms with Crippen LogP contribution in [0.3, 0.4) is 0 Å². The van der Waals surface area contributed by atoms with E-state index >= 15 is 0 Å². The second kappa shape index (κ2) is 13.5. The Bertz CT molecular complexity index is 1410. The number of nitrogens with one attached hydrogen (secondary N) is 1. The summed E-state index contributed by atoms with van der Waals surface area (Å²) >= 11 is 19.0. The number of carbonyl (C=O) groups is 2. The van der Waals surface area contributed by atoms with Gasteiger partial charge in [-0.2, -0.15) is 0 Å². The first-order chi connectivity index (χ1) is 18.4. The summed E-state index contributed by atoms with van der Waals surface area (Å²) in [6.45, 7) is 5.06. The number of halogens is 3. The third-order valence-corrected chi connectivity index (χ3v) is 8.82. The Morgan fingerprint density at radius 1 is 0.949 bits per heavy atom. The molecule has 7 nitrogen and oxygen atoms in total. The van der Waals surface area contributed by atoms with E-state index in [4.69, 9.17) is 34.8 Å². The normalized spacial score (nSPS) is 12.1. The van der Waals surface area contributed by atoms with Gasteiger partial charge in [0, 0.05) is 33.7 Å². The molecular formula is C28H30Cl3N3O4S. The zero-order valence-electron chi connectivity index (χ0n) is 21.8. The Kier molecular flexibility index (Phi) is 10.7. The zero-order chi connectivity index (χ0) is 28.7. The van der Waals surface area contributed by atoms with E-state index in [0.29, 0.717) is 33.6 Å². The first kappa shape index (κ1) is 30.8. The molecule has 0 aliphatic carbocycles. The lowest BCUT2D eigenvalue weighted by atomic mass is 10.1. The molecule has 1 unspecified atom stereocenters. The summed E-state index contributed by atoms with van der Waals surface area (Å²) < 4.78 is 28.6. The second-order valence-corrected chi connectivity index (χ2v) is 12.1. The largest absolute Gasteiger partial charge is 0.354 e. The predicted octanol–water partition coefficient (Wildman–Crippen LogP) is 6.09. The van der Waals surface area contributed by atoms with Crippen LogP contribution in [0.1, 0.15) is 31.4 Å². The fraction of sp³-hybridized carbons (Fsp3) is 0.286. The number of sulfonamides is 1. The predicted molar refractivity (Wildman–Crippen MR) is 157 cm³/mol. The highest BCUT2D eigenvalue weighted by Gasteiger charge is 2.33. The summed E-state index contributed by atoms with van der Waals surface area (Å²) in [6.07, 6.45) is 0.708. The molecule has 0 saturated carbocycles. The molecule has 39 heavy (non-hydrogen) atoms. The average molecular weight is 611 g/mol. The molecule has 0 aromatic heterocycles. The third kappa shape index (κ3) is 7.66. The number of aryl methyl sites for hydroxylation is 1. The van der Waals surface area contributed by atoms with E-state index in [1.807, 2.05) is 13.8 Å². The highest BCUT2D eigenvalue weighted by Crippen LogP contribution is 2.29. The molecule has 208 valence electrons. The number of carbonyl (C=O) groups excluding carboxylic acids is 2. The van der Waals surface area contributed by atoms with Crippen LogP contribution in [0.4, 0.5) is 5.69 Å². The highest BCUT2D eigenvalue weighted by molar-refractivity contribution is 7.92. The molecule has 0 fully saturated rings. The average Bonchev–Trinajstić information content (AvgIpc) is 2.89. The van der Waals surface area contributed by atoms with Gasteiger partial charge in [0.2, 0.25) is 11.8 Å². The van der Waals surface area contributed by atoms with Crippen molar-refractivity contribution in [1.82, 2.24) is 10.2 Å². The molecule has 1 N–H and O–H groups in total. The number of hydrogen-bond donors (Lipinski definition) is 1. The van der Waals surface area contributed by atoms with Crippen LogP contribution >= 0.6 is 34.8 Å². The van der Waals surface area contributed by atoms with E-state index < -0.39 is 28.5 Å². The maximum absolute atomic E-state index is 13.9. The molecule has 3 rings (SSSR count). The Hall–Kier alpha value is -2.78. The summed E-state index contributed by atoms with van der Waals surface area (Å²) in [5.41, 5.74) is 1.53. The van der Waals surface area contributed by atoms with Crippen LogP contribution in [0.2, 0.25) is 15.1 Å². The summed E-state index contributed by atoms with van der Waals surface area (Å²) in [4.78, 5) is 28.1. The van der Waals surface area contributed by atoms with E-state index in [1.54, 1.807) is 55.5 Å².